The quantitative estimate of drug-likeness (QED) is 0.933. The highest BCUT2D eigenvalue weighted by molar-refractivity contribution is 6.32. The van der Waals surface area contributed by atoms with Crippen LogP contribution in [-0.2, 0) is 4.79 Å². The number of tetrazole rings is 1. The highest BCUT2D eigenvalue weighted by atomic mass is 35.5. The molecule has 0 spiro atoms. The first-order chi connectivity index (χ1) is 9.15. The van der Waals surface area contributed by atoms with Crippen molar-refractivity contribution in [2.24, 2.45) is 0 Å². The molecule has 1 fully saturated rings. The van der Waals surface area contributed by atoms with Gasteiger partial charge >= 0.3 is 0 Å². The molecule has 19 heavy (non-hydrogen) atoms. The molecule has 0 aliphatic heterocycles. The van der Waals surface area contributed by atoms with Crippen molar-refractivity contribution in [3.05, 3.63) is 29.0 Å². The molecule has 1 amide bonds. The predicted octanol–water partition coefficient (Wildman–Crippen LogP) is 2.15. The van der Waals surface area contributed by atoms with E-state index in [2.05, 4.69) is 20.8 Å². The van der Waals surface area contributed by atoms with Crippen LogP contribution in [0.4, 0.5) is 5.69 Å². The fourth-order valence-electron chi connectivity index (χ4n) is 1.92. The molecule has 2 aromatic rings. The van der Waals surface area contributed by atoms with Gasteiger partial charge in [-0.3, -0.25) is 4.79 Å². The maximum Gasteiger partial charge on any atom is 0.221 e. The van der Waals surface area contributed by atoms with Crippen molar-refractivity contribution in [3.8, 4) is 5.69 Å². The van der Waals surface area contributed by atoms with Gasteiger partial charge in [0.05, 0.1) is 10.7 Å². The lowest BCUT2D eigenvalue weighted by Crippen LogP contribution is -2.08. The predicted molar refractivity (Wildman–Crippen MR) is 70.4 cm³/mol. The van der Waals surface area contributed by atoms with Gasteiger partial charge in [0.1, 0.15) is 0 Å². The Morgan fingerprint density at radius 2 is 2.26 bits per heavy atom. The smallest absolute Gasteiger partial charge is 0.221 e. The molecule has 7 heteroatoms. The molecule has 0 bridgehead atoms. The van der Waals surface area contributed by atoms with E-state index in [1.54, 1.807) is 22.9 Å². The van der Waals surface area contributed by atoms with Crippen molar-refractivity contribution in [1.82, 2.24) is 20.2 Å². The first kappa shape index (κ1) is 12.1. The molecule has 0 unspecified atom stereocenters. The maximum absolute atomic E-state index is 11.1. The van der Waals surface area contributed by atoms with Gasteiger partial charge in [-0.15, -0.1) is 5.10 Å². The number of halogens is 1. The lowest BCUT2D eigenvalue weighted by molar-refractivity contribution is -0.114. The molecule has 98 valence electrons. The normalized spacial score (nSPS) is 14.4. The molecule has 1 aromatic carbocycles. The van der Waals surface area contributed by atoms with Gasteiger partial charge < -0.3 is 5.32 Å². The van der Waals surface area contributed by atoms with Crippen LogP contribution in [0.25, 0.3) is 5.69 Å². The lowest BCUT2D eigenvalue weighted by Gasteiger charge is -2.09. The zero-order chi connectivity index (χ0) is 13.4. The van der Waals surface area contributed by atoms with Crippen molar-refractivity contribution in [2.45, 2.75) is 25.7 Å². The summed E-state index contributed by atoms with van der Waals surface area (Å²) in [6.45, 7) is 1.46. The summed E-state index contributed by atoms with van der Waals surface area (Å²) in [4.78, 5) is 11.1. The number of anilines is 1. The molecular weight excluding hydrogens is 266 g/mol. The number of carbonyl (C=O) groups is 1. The molecule has 0 radical (unpaired) electrons. The van der Waals surface area contributed by atoms with E-state index < -0.39 is 0 Å². The summed E-state index contributed by atoms with van der Waals surface area (Å²) < 4.78 is 1.64. The first-order valence-electron chi connectivity index (χ1n) is 6.01. The number of rotatable bonds is 3. The molecule has 0 atom stereocenters. The number of nitrogens with zero attached hydrogens (tertiary/aromatic N) is 4. The van der Waals surface area contributed by atoms with Crippen molar-refractivity contribution in [2.75, 3.05) is 5.32 Å². The molecule has 1 aliphatic carbocycles. The molecule has 0 saturated heterocycles. The highest BCUT2D eigenvalue weighted by Crippen LogP contribution is 2.39. The molecule has 1 heterocycles. The van der Waals surface area contributed by atoms with Crippen molar-refractivity contribution in [3.63, 3.8) is 0 Å². The van der Waals surface area contributed by atoms with E-state index in [9.17, 15) is 4.79 Å². The van der Waals surface area contributed by atoms with Gasteiger partial charge in [-0.05, 0) is 41.5 Å². The topological polar surface area (TPSA) is 72.7 Å². The van der Waals surface area contributed by atoms with Crippen LogP contribution in [0.1, 0.15) is 31.5 Å². The fourth-order valence-corrected chi connectivity index (χ4v) is 2.12. The summed E-state index contributed by atoms with van der Waals surface area (Å²) in [5.74, 6) is 1.10. The zero-order valence-corrected chi connectivity index (χ0v) is 11.1. The minimum Gasteiger partial charge on any atom is -0.326 e. The van der Waals surface area contributed by atoms with E-state index in [1.807, 2.05) is 0 Å². The number of hydrogen-bond donors (Lipinski definition) is 1. The largest absolute Gasteiger partial charge is 0.326 e. The molecule has 1 aromatic heterocycles. The van der Waals surface area contributed by atoms with Crippen LogP contribution in [0.2, 0.25) is 5.02 Å². The second-order valence-electron chi connectivity index (χ2n) is 4.57. The Morgan fingerprint density at radius 3 is 2.95 bits per heavy atom. The van der Waals surface area contributed by atoms with Gasteiger partial charge in [0.2, 0.25) is 5.91 Å². The van der Waals surface area contributed by atoms with Crippen LogP contribution in [-0.4, -0.2) is 26.1 Å². The van der Waals surface area contributed by atoms with Gasteiger partial charge in [-0.2, -0.15) is 4.68 Å². The molecule has 1 aliphatic rings. The molecular formula is C12H12ClN5O. The zero-order valence-electron chi connectivity index (χ0n) is 10.3. The van der Waals surface area contributed by atoms with Gasteiger partial charge in [0.25, 0.3) is 0 Å². The van der Waals surface area contributed by atoms with Gasteiger partial charge in [0.15, 0.2) is 5.82 Å². The summed E-state index contributed by atoms with van der Waals surface area (Å²) >= 11 is 6.19. The second-order valence-corrected chi connectivity index (χ2v) is 4.98. The Morgan fingerprint density at radius 1 is 1.47 bits per heavy atom. The van der Waals surface area contributed by atoms with Crippen molar-refractivity contribution >= 4 is 23.2 Å². The number of nitrogens with one attached hydrogen (secondary N) is 1. The highest BCUT2D eigenvalue weighted by Gasteiger charge is 2.30. The first-order valence-corrected chi connectivity index (χ1v) is 6.39. The van der Waals surface area contributed by atoms with Crippen LogP contribution in [0.5, 0.6) is 0 Å². The van der Waals surface area contributed by atoms with E-state index in [4.69, 9.17) is 11.6 Å². The minimum absolute atomic E-state index is 0.132. The molecule has 3 rings (SSSR count). The molecule has 1 N–H and O–H groups in total. The van der Waals surface area contributed by atoms with Crippen LogP contribution < -0.4 is 5.32 Å². The van der Waals surface area contributed by atoms with Crippen LogP contribution in [0.15, 0.2) is 18.2 Å². The minimum atomic E-state index is -0.132. The second kappa shape index (κ2) is 4.62. The van der Waals surface area contributed by atoms with Crippen LogP contribution >= 0.6 is 11.6 Å². The Kier molecular flexibility index (Phi) is 2.94. The summed E-state index contributed by atoms with van der Waals surface area (Å²) in [6.07, 6.45) is 2.20. The Labute approximate surface area is 114 Å². The van der Waals surface area contributed by atoms with Gasteiger partial charge in [0, 0.05) is 18.5 Å². The average Bonchev–Trinajstić information content (AvgIpc) is 3.09. The van der Waals surface area contributed by atoms with E-state index in [0.29, 0.717) is 22.3 Å². The Bertz CT molecular complexity index is 635. The summed E-state index contributed by atoms with van der Waals surface area (Å²) in [6, 6.07) is 5.24. The summed E-state index contributed by atoms with van der Waals surface area (Å²) in [5, 5.41) is 15.0. The third-order valence-electron chi connectivity index (χ3n) is 2.93. The van der Waals surface area contributed by atoms with Gasteiger partial charge in [-0.25, -0.2) is 0 Å². The summed E-state index contributed by atoms with van der Waals surface area (Å²) in [5.41, 5.74) is 1.35. The fraction of sp³-hybridized carbons (Fsp3) is 0.333. The Hall–Kier alpha value is -1.95. The van der Waals surface area contributed by atoms with Gasteiger partial charge in [-0.1, -0.05) is 11.6 Å². The third kappa shape index (κ3) is 2.44. The number of benzene rings is 1. The number of carbonyl (C=O) groups excluding carboxylic acids is 1. The van der Waals surface area contributed by atoms with E-state index in [-0.39, 0.29) is 5.91 Å². The number of hydrogen-bond acceptors (Lipinski definition) is 4. The van der Waals surface area contributed by atoms with Crippen LogP contribution in [0.3, 0.4) is 0 Å². The van der Waals surface area contributed by atoms with E-state index >= 15 is 0 Å². The SMILES string of the molecule is CC(=O)Nc1ccc(Cl)c(-n2nnnc2C2CC2)c1. The summed E-state index contributed by atoms with van der Waals surface area (Å²) in [7, 11) is 0. The van der Waals surface area contributed by atoms with E-state index in [1.165, 1.54) is 6.92 Å². The lowest BCUT2D eigenvalue weighted by atomic mass is 10.2. The Balaban J connectivity index is 2.02. The standard InChI is InChI=1S/C12H12ClN5O/c1-7(19)14-9-4-5-10(13)11(6-9)18-12(8-2-3-8)15-16-17-18/h4-6,8H,2-3H2,1H3,(H,14,19). The molecule has 6 nitrogen and oxygen atoms in total. The number of aromatic nitrogens is 4. The van der Waals surface area contributed by atoms with Crippen LogP contribution in [0, 0.1) is 0 Å². The van der Waals surface area contributed by atoms with Crippen molar-refractivity contribution in [1.29, 1.82) is 0 Å². The third-order valence-corrected chi connectivity index (χ3v) is 3.25. The maximum atomic E-state index is 11.1. The average molecular weight is 278 g/mol. The van der Waals surface area contributed by atoms with E-state index in [0.717, 1.165) is 18.7 Å². The molecule has 1 saturated carbocycles. The van der Waals surface area contributed by atoms with Crippen molar-refractivity contribution < 1.29 is 4.79 Å². The number of amides is 1. The monoisotopic (exact) mass is 277 g/mol.